The van der Waals surface area contributed by atoms with E-state index in [0.717, 1.165) is 5.56 Å². The van der Waals surface area contributed by atoms with Gasteiger partial charge in [0.15, 0.2) is 0 Å². The molecule has 1 atom stereocenters. The van der Waals surface area contributed by atoms with Gasteiger partial charge in [0.1, 0.15) is 0 Å². The summed E-state index contributed by atoms with van der Waals surface area (Å²) in [5.74, 6) is -0.827. The van der Waals surface area contributed by atoms with E-state index in [-0.39, 0.29) is 17.4 Å². The van der Waals surface area contributed by atoms with Gasteiger partial charge in [-0.2, -0.15) is 0 Å². The first kappa shape index (κ1) is 18.1. The molecular formula is C14H20BrNO4S. The Hall–Kier alpha value is -0.920. The van der Waals surface area contributed by atoms with Crippen molar-refractivity contribution in [2.45, 2.75) is 50.5 Å². The number of benzene rings is 1. The highest BCUT2D eigenvalue weighted by Gasteiger charge is 2.20. The van der Waals surface area contributed by atoms with Crippen LogP contribution in [-0.4, -0.2) is 25.5 Å². The maximum absolute atomic E-state index is 12.3. The van der Waals surface area contributed by atoms with Crippen LogP contribution in [0.2, 0.25) is 0 Å². The molecule has 0 bridgehead atoms. The molecular weight excluding hydrogens is 358 g/mol. The SMILES string of the molecule is Cc1cccc(S(=O)(=O)N[C@@H](C)CCCCC(=O)O)c1Br. The molecule has 0 spiro atoms. The van der Waals surface area contributed by atoms with Crippen LogP contribution in [0.4, 0.5) is 0 Å². The molecule has 0 aliphatic rings. The first-order chi connectivity index (χ1) is 9.74. The fourth-order valence-electron chi connectivity index (χ4n) is 1.94. The molecule has 0 radical (unpaired) electrons. The summed E-state index contributed by atoms with van der Waals surface area (Å²) in [5.41, 5.74) is 0.854. The largest absolute Gasteiger partial charge is 0.481 e. The van der Waals surface area contributed by atoms with Crippen molar-refractivity contribution in [3.8, 4) is 0 Å². The lowest BCUT2D eigenvalue weighted by molar-refractivity contribution is -0.137. The Morgan fingerprint density at radius 1 is 1.38 bits per heavy atom. The van der Waals surface area contributed by atoms with Gasteiger partial charge in [0.2, 0.25) is 10.0 Å². The molecule has 0 fully saturated rings. The van der Waals surface area contributed by atoms with Crippen LogP contribution in [0, 0.1) is 6.92 Å². The van der Waals surface area contributed by atoms with Crippen molar-refractivity contribution in [2.75, 3.05) is 0 Å². The fraction of sp³-hybridized carbons (Fsp3) is 0.500. The van der Waals surface area contributed by atoms with Gasteiger partial charge in [-0.3, -0.25) is 4.79 Å². The zero-order valence-corrected chi connectivity index (χ0v) is 14.5. The van der Waals surface area contributed by atoms with Crippen molar-refractivity contribution < 1.29 is 18.3 Å². The molecule has 0 aromatic heterocycles. The van der Waals surface area contributed by atoms with Gasteiger partial charge in [-0.15, -0.1) is 0 Å². The summed E-state index contributed by atoms with van der Waals surface area (Å²) < 4.78 is 27.8. The van der Waals surface area contributed by atoms with Crippen LogP contribution >= 0.6 is 15.9 Å². The Labute approximate surface area is 133 Å². The van der Waals surface area contributed by atoms with Crippen molar-refractivity contribution in [1.29, 1.82) is 0 Å². The predicted octanol–water partition coefficient (Wildman–Crippen LogP) is 3.07. The number of hydrogen-bond donors (Lipinski definition) is 2. The van der Waals surface area contributed by atoms with Crippen LogP contribution in [-0.2, 0) is 14.8 Å². The Balaban J connectivity index is 2.63. The van der Waals surface area contributed by atoms with E-state index in [1.165, 1.54) is 0 Å². The van der Waals surface area contributed by atoms with Gasteiger partial charge >= 0.3 is 5.97 Å². The number of sulfonamides is 1. The second-order valence-electron chi connectivity index (χ2n) is 5.05. The highest BCUT2D eigenvalue weighted by atomic mass is 79.9. The smallest absolute Gasteiger partial charge is 0.303 e. The molecule has 7 heteroatoms. The number of hydrogen-bond acceptors (Lipinski definition) is 3. The first-order valence-corrected chi connectivity index (χ1v) is 9.01. The summed E-state index contributed by atoms with van der Waals surface area (Å²) in [6, 6.07) is 4.84. The van der Waals surface area contributed by atoms with Gasteiger partial charge in [0, 0.05) is 16.9 Å². The Morgan fingerprint density at radius 3 is 2.67 bits per heavy atom. The molecule has 1 aromatic rings. The topological polar surface area (TPSA) is 83.5 Å². The molecule has 0 unspecified atom stereocenters. The third-order valence-corrected chi connectivity index (χ3v) is 6.03. The number of carboxylic acids is 1. The quantitative estimate of drug-likeness (QED) is 0.681. The van der Waals surface area contributed by atoms with Crippen molar-refractivity contribution in [2.24, 2.45) is 0 Å². The lowest BCUT2D eigenvalue weighted by atomic mass is 10.1. The summed E-state index contributed by atoms with van der Waals surface area (Å²) in [6.07, 6.45) is 1.94. The standard InChI is InChI=1S/C14H20BrNO4S/c1-10-6-5-8-12(14(10)15)21(19,20)16-11(2)7-3-4-9-13(17)18/h5-6,8,11,16H,3-4,7,9H2,1-2H3,(H,17,18)/t11-/m0/s1. The third kappa shape index (κ3) is 5.76. The zero-order chi connectivity index (χ0) is 16.0. The van der Waals surface area contributed by atoms with E-state index in [1.807, 2.05) is 13.0 Å². The van der Waals surface area contributed by atoms with E-state index in [9.17, 15) is 13.2 Å². The molecule has 0 saturated carbocycles. The number of carboxylic acid groups (broad SMARTS) is 1. The number of unbranched alkanes of at least 4 members (excludes halogenated alkanes) is 1. The molecule has 0 saturated heterocycles. The van der Waals surface area contributed by atoms with Gasteiger partial charge in [-0.1, -0.05) is 18.6 Å². The molecule has 5 nitrogen and oxygen atoms in total. The molecule has 118 valence electrons. The number of aryl methyl sites for hydroxylation is 1. The minimum absolute atomic E-state index is 0.114. The van der Waals surface area contributed by atoms with Crippen LogP contribution in [0.3, 0.4) is 0 Å². The average Bonchev–Trinajstić information content (AvgIpc) is 2.37. The lowest BCUT2D eigenvalue weighted by Gasteiger charge is -2.15. The van der Waals surface area contributed by atoms with Gasteiger partial charge in [-0.25, -0.2) is 13.1 Å². The molecule has 1 aromatic carbocycles. The summed E-state index contributed by atoms with van der Waals surface area (Å²) in [7, 11) is -3.58. The van der Waals surface area contributed by atoms with Gasteiger partial charge < -0.3 is 5.11 Å². The molecule has 2 N–H and O–H groups in total. The molecule has 1 rings (SSSR count). The second kappa shape index (κ2) is 7.91. The van der Waals surface area contributed by atoms with E-state index >= 15 is 0 Å². The van der Waals surface area contributed by atoms with E-state index in [1.54, 1.807) is 19.1 Å². The van der Waals surface area contributed by atoms with Crippen molar-refractivity contribution in [3.05, 3.63) is 28.2 Å². The summed E-state index contributed by atoms with van der Waals surface area (Å²) in [4.78, 5) is 10.6. The number of carbonyl (C=O) groups is 1. The van der Waals surface area contributed by atoms with E-state index < -0.39 is 16.0 Å². The van der Waals surface area contributed by atoms with Gasteiger partial charge in [0.25, 0.3) is 0 Å². The number of halogens is 1. The number of aliphatic carboxylic acids is 1. The van der Waals surface area contributed by atoms with Crippen LogP contribution < -0.4 is 4.72 Å². The molecule has 0 amide bonds. The third-order valence-electron chi connectivity index (χ3n) is 3.08. The maximum Gasteiger partial charge on any atom is 0.303 e. The Bertz CT molecular complexity index is 601. The van der Waals surface area contributed by atoms with Crippen molar-refractivity contribution in [3.63, 3.8) is 0 Å². The summed E-state index contributed by atoms with van der Waals surface area (Å²) >= 11 is 3.30. The number of nitrogens with one attached hydrogen (secondary N) is 1. The zero-order valence-electron chi connectivity index (χ0n) is 12.1. The van der Waals surface area contributed by atoms with Crippen LogP contribution in [0.25, 0.3) is 0 Å². The fourth-order valence-corrected chi connectivity index (χ4v) is 4.27. The lowest BCUT2D eigenvalue weighted by Crippen LogP contribution is -2.32. The minimum atomic E-state index is -3.58. The molecule has 0 aliphatic heterocycles. The minimum Gasteiger partial charge on any atom is -0.481 e. The Kier molecular flexibility index (Phi) is 6.83. The molecule has 0 aliphatic carbocycles. The van der Waals surface area contributed by atoms with E-state index in [2.05, 4.69) is 20.7 Å². The van der Waals surface area contributed by atoms with Gasteiger partial charge in [0.05, 0.1) is 4.90 Å². The second-order valence-corrected chi connectivity index (χ2v) is 7.52. The first-order valence-electron chi connectivity index (χ1n) is 6.73. The maximum atomic E-state index is 12.3. The Morgan fingerprint density at radius 2 is 2.05 bits per heavy atom. The molecule has 0 heterocycles. The van der Waals surface area contributed by atoms with E-state index in [4.69, 9.17) is 5.11 Å². The summed E-state index contributed by atoms with van der Waals surface area (Å²) in [5, 5.41) is 8.55. The van der Waals surface area contributed by atoms with Crippen LogP contribution in [0.15, 0.2) is 27.6 Å². The van der Waals surface area contributed by atoms with E-state index in [0.29, 0.717) is 23.7 Å². The normalized spacial score (nSPS) is 13.1. The highest BCUT2D eigenvalue weighted by molar-refractivity contribution is 9.10. The summed E-state index contributed by atoms with van der Waals surface area (Å²) in [6.45, 7) is 3.61. The van der Waals surface area contributed by atoms with Gasteiger partial charge in [-0.05, 0) is 54.2 Å². The van der Waals surface area contributed by atoms with Crippen LogP contribution in [0.1, 0.15) is 38.2 Å². The van der Waals surface area contributed by atoms with Crippen LogP contribution in [0.5, 0.6) is 0 Å². The van der Waals surface area contributed by atoms with Crippen molar-refractivity contribution in [1.82, 2.24) is 4.72 Å². The monoisotopic (exact) mass is 377 g/mol. The average molecular weight is 378 g/mol. The predicted molar refractivity (Wildman–Crippen MR) is 84.8 cm³/mol. The number of rotatable bonds is 8. The highest BCUT2D eigenvalue weighted by Crippen LogP contribution is 2.25. The molecule has 21 heavy (non-hydrogen) atoms. The van der Waals surface area contributed by atoms with Crippen molar-refractivity contribution >= 4 is 31.9 Å².